The fourth-order valence-electron chi connectivity index (χ4n) is 5.91. The topological polar surface area (TPSA) is 113 Å². The number of fused-ring (bicyclic) bond motifs is 1. The number of carbonyl (C=O) groups is 3. The lowest BCUT2D eigenvalue weighted by molar-refractivity contribution is -0.163. The fourth-order valence-corrected chi connectivity index (χ4v) is 8.61. The van der Waals surface area contributed by atoms with Crippen LogP contribution < -0.4 is 5.32 Å². The molecule has 3 fully saturated rings. The third-order valence-electron chi connectivity index (χ3n) is 7.89. The number of likely N-dealkylation sites (tertiary alicyclic amines) is 1. The molecule has 0 aromatic rings. The Labute approximate surface area is 221 Å². The number of carboxylic acid groups (broad SMARTS) is 1. The molecule has 0 spiro atoms. The summed E-state index contributed by atoms with van der Waals surface area (Å²) in [5.74, 6) is -0.535. The van der Waals surface area contributed by atoms with Gasteiger partial charge in [-0.1, -0.05) is 13.0 Å². The number of likely N-dealkylation sites (N-methyl/N-ethyl adjacent to an activating group) is 1. The van der Waals surface area contributed by atoms with Crippen molar-refractivity contribution in [1.82, 2.24) is 20.0 Å². The van der Waals surface area contributed by atoms with Gasteiger partial charge < -0.3 is 30.2 Å². The number of thioether (sulfide) groups is 2. The Morgan fingerprint density at radius 2 is 2.03 bits per heavy atom. The normalized spacial score (nSPS) is 35.4. The van der Waals surface area contributed by atoms with Crippen molar-refractivity contribution in [2.45, 2.75) is 56.2 Å². The van der Waals surface area contributed by atoms with E-state index in [2.05, 4.69) is 28.7 Å². The van der Waals surface area contributed by atoms with Gasteiger partial charge >= 0.3 is 5.97 Å². The number of hydrogen-bond donors (Lipinski definition) is 3. The average molecular weight is 539 g/mol. The van der Waals surface area contributed by atoms with Crippen LogP contribution >= 0.6 is 23.5 Å². The van der Waals surface area contributed by atoms with Gasteiger partial charge in [0.2, 0.25) is 11.8 Å². The van der Waals surface area contributed by atoms with E-state index < -0.39 is 18.0 Å². The molecule has 0 radical (unpaired) electrons. The van der Waals surface area contributed by atoms with Crippen LogP contribution in [0.15, 0.2) is 22.1 Å². The van der Waals surface area contributed by atoms with E-state index in [-0.39, 0.29) is 40.8 Å². The fraction of sp³-hybridized carbons (Fsp3) is 0.720. The molecule has 3 saturated heterocycles. The molecular weight excluding hydrogens is 500 g/mol. The van der Waals surface area contributed by atoms with Crippen LogP contribution in [0.3, 0.4) is 0 Å². The highest BCUT2D eigenvalue weighted by molar-refractivity contribution is 8.03. The van der Waals surface area contributed by atoms with Crippen LogP contribution in [-0.4, -0.2) is 112 Å². The molecule has 2 amide bonds. The zero-order valence-electron chi connectivity index (χ0n) is 21.6. The van der Waals surface area contributed by atoms with Crippen LogP contribution in [0.4, 0.5) is 0 Å². The van der Waals surface area contributed by atoms with Gasteiger partial charge in [-0.3, -0.25) is 9.59 Å². The Balaban J connectivity index is 1.30. The highest BCUT2D eigenvalue weighted by Gasteiger charge is 2.60. The number of aliphatic hydroxyl groups is 1. The average Bonchev–Trinajstić information content (AvgIpc) is 3.47. The maximum absolute atomic E-state index is 12.6. The van der Waals surface area contributed by atoms with E-state index in [1.165, 1.54) is 4.90 Å². The molecule has 11 heteroatoms. The Morgan fingerprint density at radius 3 is 2.67 bits per heavy atom. The van der Waals surface area contributed by atoms with Crippen molar-refractivity contribution in [3.05, 3.63) is 22.1 Å². The molecule has 0 saturated carbocycles. The summed E-state index contributed by atoms with van der Waals surface area (Å²) in [4.78, 5) is 42.9. The van der Waals surface area contributed by atoms with E-state index in [9.17, 15) is 24.6 Å². The van der Waals surface area contributed by atoms with Crippen molar-refractivity contribution in [2.75, 3.05) is 40.0 Å². The number of nitrogens with one attached hydrogen (secondary N) is 1. The maximum Gasteiger partial charge on any atom is 0.353 e. The molecule has 8 atom stereocenters. The lowest BCUT2D eigenvalue weighted by Crippen LogP contribution is -2.63. The standard InChI is InChI=1S/C25H38N4O5S2/c1-13-20-19(14(2)30)24(32)29(20)21(25(33)34)22(13)36-17-9-16(28(5)11-17)12-35-7-6-15-8-18(26-10-15)23(31)27(3)4/h6-7,13-20,26,30H,8-12H2,1-5H3,(H,33,34)/b7-6+/t13-,14-,15?,16+,17+,18+,19-,20?/m1/s1. The van der Waals surface area contributed by atoms with Gasteiger partial charge in [-0.15, -0.1) is 23.5 Å². The van der Waals surface area contributed by atoms with Crippen molar-refractivity contribution < 1.29 is 24.6 Å². The number of β-lactam (4-membered cyclic amide) rings is 1. The first kappa shape index (κ1) is 27.5. The monoisotopic (exact) mass is 538 g/mol. The summed E-state index contributed by atoms with van der Waals surface area (Å²) in [6.07, 6.45) is 3.19. The summed E-state index contributed by atoms with van der Waals surface area (Å²) >= 11 is 3.39. The van der Waals surface area contributed by atoms with Gasteiger partial charge in [0, 0.05) is 55.1 Å². The summed E-state index contributed by atoms with van der Waals surface area (Å²) in [6, 6.07) is 0.0231. The Kier molecular flexibility index (Phi) is 8.45. The van der Waals surface area contributed by atoms with Crippen molar-refractivity contribution in [3.8, 4) is 0 Å². The predicted octanol–water partition coefficient (Wildman–Crippen LogP) is 1.26. The van der Waals surface area contributed by atoms with Crippen molar-refractivity contribution in [2.24, 2.45) is 17.8 Å². The molecule has 200 valence electrons. The van der Waals surface area contributed by atoms with E-state index in [0.717, 1.165) is 36.6 Å². The smallest absolute Gasteiger partial charge is 0.353 e. The third kappa shape index (κ3) is 5.22. The summed E-state index contributed by atoms with van der Waals surface area (Å²) in [5, 5.41) is 25.6. The van der Waals surface area contributed by atoms with Crippen molar-refractivity contribution in [1.29, 1.82) is 0 Å². The molecule has 36 heavy (non-hydrogen) atoms. The quantitative estimate of drug-likeness (QED) is 0.374. The van der Waals surface area contributed by atoms with E-state index in [4.69, 9.17) is 0 Å². The lowest BCUT2D eigenvalue weighted by Gasteiger charge is -2.46. The lowest BCUT2D eigenvalue weighted by atomic mass is 9.79. The van der Waals surface area contributed by atoms with Crippen LogP contribution in [0.1, 0.15) is 26.7 Å². The second-order valence-corrected chi connectivity index (χ2v) is 13.0. The Hall–Kier alpha value is -1.53. The number of carboxylic acids is 1. The van der Waals surface area contributed by atoms with Crippen LogP contribution in [0.25, 0.3) is 0 Å². The van der Waals surface area contributed by atoms with Crippen LogP contribution in [0, 0.1) is 17.8 Å². The summed E-state index contributed by atoms with van der Waals surface area (Å²) < 4.78 is 0. The molecule has 4 aliphatic heterocycles. The predicted molar refractivity (Wildman–Crippen MR) is 142 cm³/mol. The number of hydrogen-bond acceptors (Lipinski definition) is 8. The number of amides is 2. The minimum Gasteiger partial charge on any atom is -0.477 e. The molecule has 2 unspecified atom stereocenters. The summed E-state index contributed by atoms with van der Waals surface area (Å²) in [7, 11) is 5.68. The van der Waals surface area contributed by atoms with Gasteiger partial charge in [0.15, 0.2) is 0 Å². The maximum atomic E-state index is 12.6. The van der Waals surface area contributed by atoms with Gasteiger partial charge in [-0.2, -0.15) is 0 Å². The molecule has 3 N–H and O–H groups in total. The van der Waals surface area contributed by atoms with E-state index in [1.807, 2.05) is 6.92 Å². The zero-order chi connectivity index (χ0) is 26.3. The highest BCUT2D eigenvalue weighted by atomic mass is 32.2. The second kappa shape index (κ2) is 11.1. The van der Waals surface area contributed by atoms with Crippen molar-refractivity contribution in [3.63, 3.8) is 0 Å². The van der Waals surface area contributed by atoms with E-state index in [0.29, 0.717) is 12.0 Å². The van der Waals surface area contributed by atoms with Gasteiger partial charge in [0.05, 0.1) is 24.1 Å². The molecule has 0 aliphatic carbocycles. The van der Waals surface area contributed by atoms with Gasteiger partial charge in [0.25, 0.3) is 0 Å². The van der Waals surface area contributed by atoms with Gasteiger partial charge in [0.1, 0.15) is 5.70 Å². The molecule has 4 aliphatic rings. The zero-order valence-corrected chi connectivity index (χ0v) is 23.2. The highest BCUT2D eigenvalue weighted by Crippen LogP contribution is 2.52. The van der Waals surface area contributed by atoms with E-state index in [1.54, 1.807) is 49.4 Å². The second-order valence-electron chi connectivity index (χ2n) is 10.7. The first-order valence-electron chi connectivity index (χ1n) is 12.6. The van der Waals surface area contributed by atoms with Gasteiger partial charge in [-0.25, -0.2) is 4.79 Å². The number of aliphatic hydroxyl groups excluding tert-OH is 1. The minimum atomic E-state index is -1.07. The molecule has 0 aromatic heterocycles. The largest absolute Gasteiger partial charge is 0.477 e. The number of aliphatic carboxylic acids is 1. The van der Waals surface area contributed by atoms with Crippen LogP contribution in [0.2, 0.25) is 0 Å². The first-order valence-corrected chi connectivity index (χ1v) is 14.5. The number of carbonyl (C=O) groups excluding carboxylic acids is 2. The van der Waals surface area contributed by atoms with Gasteiger partial charge in [-0.05, 0) is 38.1 Å². The third-order valence-corrected chi connectivity index (χ3v) is 10.3. The Bertz CT molecular complexity index is 955. The molecule has 4 rings (SSSR count). The Morgan fingerprint density at radius 1 is 1.31 bits per heavy atom. The van der Waals surface area contributed by atoms with Crippen LogP contribution in [0.5, 0.6) is 0 Å². The van der Waals surface area contributed by atoms with E-state index >= 15 is 0 Å². The SMILES string of the molecule is C[C@H]1C(S[C@H]2C[C@@H](CS/C=C/C3CN[C@H](C(=O)N(C)C)C3)N(C)C2)=C(C(=O)O)N2C(=O)[C@H]([C@@H](C)O)C12. The van der Waals surface area contributed by atoms with Crippen LogP contribution in [-0.2, 0) is 14.4 Å². The molecule has 4 heterocycles. The molecule has 0 bridgehead atoms. The molecular formula is C25H38N4O5S2. The summed E-state index contributed by atoms with van der Waals surface area (Å²) in [5.41, 5.74) is 0.110. The summed E-state index contributed by atoms with van der Waals surface area (Å²) in [6.45, 7) is 5.26. The number of nitrogens with zero attached hydrogens (tertiary/aromatic N) is 3. The first-order chi connectivity index (χ1) is 17.0. The van der Waals surface area contributed by atoms with Crippen molar-refractivity contribution >= 4 is 41.3 Å². The minimum absolute atomic E-state index is 0.0942. The molecule has 0 aromatic carbocycles. The molecule has 9 nitrogen and oxygen atoms in total. The number of rotatable bonds is 9.